The van der Waals surface area contributed by atoms with Crippen LogP contribution in [0, 0.1) is 5.92 Å². The number of halogens is 1. The molecule has 1 aromatic rings. The second-order valence-electron chi connectivity index (χ2n) is 4.11. The minimum absolute atomic E-state index is 0.0937. The summed E-state index contributed by atoms with van der Waals surface area (Å²) >= 11 is 5.05. The lowest BCUT2D eigenvalue weighted by atomic mass is 10.0. The molecule has 0 bridgehead atoms. The van der Waals surface area contributed by atoms with Crippen molar-refractivity contribution < 1.29 is 4.79 Å². The van der Waals surface area contributed by atoms with Gasteiger partial charge >= 0.3 is 0 Å². The topological polar surface area (TPSA) is 43.1 Å². The molecule has 1 saturated carbocycles. The molecule has 1 unspecified atom stereocenters. The Balaban J connectivity index is 1.84. The number of hydrogen-bond acceptors (Lipinski definition) is 3. The zero-order valence-corrected chi connectivity index (χ0v) is 10.8. The Morgan fingerprint density at radius 2 is 2.40 bits per heavy atom. The number of carbonyl (C=O) groups is 1. The van der Waals surface area contributed by atoms with Crippen LogP contribution in [-0.2, 0) is 11.2 Å². The van der Waals surface area contributed by atoms with Crippen molar-refractivity contribution in [2.75, 3.05) is 0 Å². The lowest BCUT2D eigenvalue weighted by Crippen LogP contribution is -2.26. The van der Waals surface area contributed by atoms with Crippen molar-refractivity contribution in [1.29, 1.82) is 0 Å². The van der Waals surface area contributed by atoms with E-state index >= 15 is 0 Å². The van der Waals surface area contributed by atoms with E-state index in [4.69, 9.17) is 5.73 Å². The van der Waals surface area contributed by atoms with E-state index in [9.17, 15) is 4.79 Å². The fraction of sp³-hybridized carbons (Fsp3) is 0.545. The van der Waals surface area contributed by atoms with Gasteiger partial charge in [0.2, 0.25) is 0 Å². The SMILES string of the molecule is NC(CC(=O)Cc1sccc1Br)C1CC1. The van der Waals surface area contributed by atoms with Gasteiger partial charge in [-0.05, 0) is 46.1 Å². The molecule has 1 fully saturated rings. The number of hydrogen-bond donors (Lipinski definition) is 1. The minimum Gasteiger partial charge on any atom is -0.327 e. The molecule has 0 spiro atoms. The summed E-state index contributed by atoms with van der Waals surface area (Å²) in [6.45, 7) is 0. The van der Waals surface area contributed by atoms with Crippen LogP contribution in [0.1, 0.15) is 24.1 Å². The normalized spacial score (nSPS) is 17.7. The molecule has 1 aliphatic rings. The smallest absolute Gasteiger partial charge is 0.139 e. The summed E-state index contributed by atoms with van der Waals surface area (Å²) in [6.07, 6.45) is 3.47. The molecule has 15 heavy (non-hydrogen) atoms. The number of thiophene rings is 1. The lowest BCUT2D eigenvalue weighted by Gasteiger charge is -2.08. The number of Topliss-reactive ketones (excluding diaryl/α,β-unsaturated/α-hetero) is 1. The molecule has 2 N–H and O–H groups in total. The van der Waals surface area contributed by atoms with Crippen molar-refractivity contribution in [2.24, 2.45) is 11.7 Å². The summed E-state index contributed by atoms with van der Waals surface area (Å²) in [6, 6.07) is 2.07. The van der Waals surface area contributed by atoms with Crippen molar-refractivity contribution in [2.45, 2.75) is 31.7 Å². The van der Waals surface area contributed by atoms with Crippen LogP contribution in [0.25, 0.3) is 0 Å². The zero-order chi connectivity index (χ0) is 10.8. The maximum atomic E-state index is 11.7. The highest BCUT2D eigenvalue weighted by Crippen LogP contribution is 2.33. The van der Waals surface area contributed by atoms with E-state index in [1.165, 1.54) is 12.8 Å². The molecule has 1 atom stereocenters. The molecule has 0 radical (unpaired) electrons. The van der Waals surface area contributed by atoms with Gasteiger partial charge in [-0.15, -0.1) is 11.3 Å². The van der Waals surface area contributed by atoms with Gasteiger partial charge in [-0.1, -0.05) is 0 Å². The van der Waals surface area contributed by atoms with Crippen molar-refractivity contribution in [3.05, 3.63) is 20.8 Å². The van der Waals surface area contributed by atoms with Crippen molar-refractivity contribution in [3.8, 4) is 0 Å². The molecular weight excluding hydrogens is 274 g/mol. The maximum Gasteiger partial charge on any atom is 0.139 e. The Labute approximate surface area is 102 Å². The lowest BCUT2D eigenvalue weighted by molar-refractivity contribution is -0.118. The summed E-state index contributed by atoms with van der Waals surface area (Å²) in [5.41, 5.74) is 5.92. The molecule has 1 heterocycles. The Hall–Kier alpha value is -0.190. The Morgan fingerprint density at radius 3 is 2.93 bits per heavy atom. The van der Waals surface area contributed by atoms with Crippen LogP contribution in [0.5, 0.6) is 0 Å². The highest BCUT2D eigenvalue weighted by molar-refractivity contribution is 9.10. The predicted molar refractivity (Wildman–Crippen MR) is 66.0 cm³/mol. The van der Waals surface area contributed by atoms with Crippen molar-refractivity contribution in [1.82, 2.24) is 0 Å². The van der Waals surface area contributed by atoms with Gasteiger partial charge in [0.15, 0.2) is 0 Å². The average Bonchev–Trinajstić information content (AvgIpc) is 2.94. The van der Waals surface area contributed by atoms with Gasteiger partial charge < -0.3 is 5.73 Å². The molecule has 0 aromatic carbocycles. The molecule has 2 nitrogen and oxygen atoms in total. The van der Waals surface area contributed by atoms with Gasteiger partial charge in [0.05, 0.1) is 0 Å². The molecule has 82 valence electrons. The van der Waals surface area contributed by atoms with E-state index in [1.54, 1.807) is 11.3 Å². The monoisotopic (exact) mass is 287 g/mol. The maximum absolute atomic E-state index is 11.7. The molecule has 0 saturated heterocycles. The third-order valence-electron chi connectivity index (χ3n) is 2.74. The Kier molecular flexibility index (Phi) is 3.59. The minimum atomic E-state index is 0.0937. The standard InChI is InChI=1S/C11H14BrNOS/c12-9-3-4-15-11(9)6-8(14)5-10(13)7-1-2-7/h3-4,7,10H,1-2,5-6,13H2. The first kappa shape index (κ1) is 11.3. The molecule has 0 amide bonds. The summed E-state index contributed by atoms with van der Waals surface area (Å²) in [5.74, 6) is 0.873. The van der Waals surface area contributed by atoms with E-state index in [-0.39, 0.29) is 11.8 Å². The van der Waals surface area contributed by atoms with Crippen LogP contribution in [-0.4, -0.2) is 11.8 Å². The van der Waals surface area contributed by atoms with Crippen LogP contribution >= 0.6 is 27.3 Å². The van der Waals surface area contributed by atoms with Gasteiger partial charge in [-0.3, -0.25) is 4.79 Å². The van der Waals surface area contributed by atoms with Crippen LogP contribution in [0.3, 0.4) is 0 Å². The summed E-state index contributed by atoms with van der Waals surface area (Å²) in [5, 5.41) is 1.99. The predicted octanol–water partition coefficient (Wildman–Crippen LogP) is 2.75. The van der Waals surface area contributed by atoms with Gasteiger partial charge in [-0.2, -0.15) is 0 Å². The fourth-order valence-corrected chi connectivity index (χ4v) is 3.18. The number of ketones is 1. The molecule has 4 heteroatoms. The molecule has 2 rings (SSSR count). The van der Waals surface area contributed by atoms with Crippen LogP contribution in [0.2, 0.25) is 0 Å². The van der Waals surface area contributed by atoms with Crippen LogP contribution in [0.4, 0.5) is 0 Å². The summed E-state index contributed by atoms with van der Waals surface area (Å²) in [7, 11) is 0. The van der Waals surface area contributed by atoms with Gasteiger partial charge in [0.1, 0.15) is 5.78 Å². The third-order valence-corrected chi connectivity index (χ3v) is 4.67. The van der Waals surface area contributed by atoms with E-state index in [1.807, 2.05) is 11.4 Å². The molecule has 0 aliphatic heterocycles. The highest BCUT2D eigenvalue weighted by Gasteiger charge is 2.29. The number of carbonyl (C=O) groups excluding carboxylic acids is 1. The van der Waals surface area contributed by atoms with Gasteiger partial charge in [-0.25, -0.2) is 0 Å². The third kappa shape index (κ3) is 3.13. The van der Waals surface area contributed by atoms with Crippen molar-refractivity contribution >= 4 is 33.0 Å². The van der Waals surface area contributed by atoms with E-state index < -0.39 is 0 Å². The summed E-state index contributed by atoms with van der Waals surface area (Å²) < 4.78 is 1.04. The second kappa shape index (κ2) is 4.76. The van der Waals surface area contributed by atoms with Gasteiger partial charge in [0, 0.05) is 28.2 Å². The molecule has 1 aromatic heterocycles. The molecule has 1 aliphatic carbocycles. The van der Waals surface area contributed by atoms with E-state index in [2.05, 4.69) is 15.9 Å². The quantitative estimate of drug-likeness (QED) is 0.905. The fourth-order valence-electron chi connectivity index (χ4n) is 1.66. The first-order valence-corrected chi connectivity index (χ1v) is 6.83. The Bertz CT molecular complexity index is 359. The van der Waals surface area contributed by atoms with E-state index in [0.717, 1.165) is 9.35 Å². The Morgan fingerprint density at radius 1 is 1.67 bits per heavy atom. The summed E-state index contributed by atoms with van der Waals surface area (Å²) in [4.78, 5) is 12.8. The molecular formula is C11H14BrNOS. The second-order valence-corrected chi connectivity index (χ2v) is 5.97. The van der Waals surface area contributed by atoms with E-state index in [0.29, 0.717) is 18.8 Å². The van der Waals surface area contributed by atoms with Crippen LogP contribution < -0.4 is 5.73 Å². The van der Waals surface area contributed by atoms with Gasteiger partial charge in [0.25, 0.3) is 0 Å². The first-order chi connectivity index (χ1) is 7.16. The average molecular weight is 288 g/mol. The first-order valence-electron chi connectivity index (χ1n) is 5.16. The van der Waals surface area contributed by atoms with Crippen molar-refractivity contribution in [3.63, 3.8) is 0 Å². The number of nitrogens with two attached hydrogens (primary N) is 1. The van der Waals surface area contributed by atoms with Crippen LogP contribution in [0.15, 0.2) is 15.9 Å². The largest absolute Gasteiger partial charge is 0.327 e. The number of rotatable bonds is 5. The highest BCUT2D eigenvalue weighted by atomic mass is 79.9. The zero-order valence-electron chi connectivity index (χ0n) is 8.41.